The van der Waals surface area contributed by atoms with Crippen LogP contribution in [0.15, 0.2) is 72.8 Å². The topological polar surface area (TPSA) is 64.4 Å². The van der Waals surface area contributed by atoms with Crippen molar-refractivity contribution in [2.75, 3.05) is 0 Å². The molecule has 3 rings (SSSR count). The zero-order valence-electron chi connectivity index (χ0n) is 19.2. The number of carbonyl (C=O) groups is 1. The van der Waals surface area contributed by atoms with Crippen LogP contribution in [0.25, 0.3) is 0 Å². The molecule has 4 nitrogen and oxygen atoms in total. The Morgan fingerprint density at radius 2 is 1.58 bits per heavy atom. The zero-order chi connectivity index (χ0) is 26.5. The van der Waals surface area contributed by atoms with Gasteiger partial charge < -0.3 is 15.8 Å². The summed E-state index contributed by atoms with van der Waals surface area (Å²) in [5.74, 6) is -3.10. The molecule has 0 aliphatic heterocycles. The van der Waals surface area contributed by atoms with Gasteiger partial charge in [-0.3, -0.25) is 4.79 Å². The van der Waals surface area contributed by atoms with Gasteiger partial charge in [0.1, 0.15) is 17.4 Å². The van der Waals surface area contributed by atoms with Crippen LogP contribution in [-0.4, -0.2) is 24.5 Å². The molecule has 192 valence electrons. The van der Waals surface area contributed by atoms with Gasteiger partial charge in [0.25, 0.3) is 0 Å². The van der Waals surface area contributed by atoms with Gasteiger partial charge in [0, 0.05) is 24.9 Å². The average Bonchev–Trinajstić information content (AvgIpc) is 2.78. The van der Waals surface area contributed by atoms with Gasteiger partial charge in [-0.2, -0.15) is 17.6 Å². The molecule has 0 aliphatic rings. The number of alkyl halides is 4. The van der Waals surface area contributed by atoms with Gasteiger partial charge in [-0.25, -0.2) is 8.78 Å². The summed E-state index contributed by atoms with van der Waals surface area (Å²) in [4.78, 5) is 13.0. The van der Waals surface area contributed by atoms with Crippen molar-refractivity contribution < 1.29 is 35.9 Å². The quantitative estimate of drug-likeness (QED) is 0.352. The third-order valence-corrected chi connectivity index (χ3v) is 5.38. The lowest BCUT2D eigenvalue weighted by Crippen LogP contribution is -2.49. The highest BCUT2D eigenvalue weighted by molar-refractivity contribution is 5.78. The minimum Gasteiger partial charge on any atom is -0.428 e. The summed E-state index contributed by atoms with van der Waals surface area (Å²) in [5.41, 5.74) is 4.97. The number of carbonyl (C=O) groups excluding carboxylic acids is 1. The molecule has 0 spiro atoms. The molecule has 3 aromatic carbocycles. The fourth-order valence-corrected chi connectivity index (χ4v) is 3.85. The van der Waals surface area contributed by atoms with E-state index in [1.54, 1.807) is 37.3 Å². The van der Waals surface area contributed by atoms with Crippen molar-refractivity contribution in [3.8, 4) is 5.75 Å². The Balaban J connectivity index is 2.25. The molecule has 0 saturated heterocycles. The van der Waals surface area contributed by atoms with E-state index in [9.17, 15) is 31.1 Å². The second kappa shape index (κ2) is 11.0. The number of halogens is 6. The van der Waals surface area contributed by atoms with Crippen LogP contribution in [0, 0.1) is 11.6 Å². The number of amides is 1. The second-order valence-electron chi connectivity index (χ2n) is 8.44. The maximum absolute atomic E-state index is 14.7. The maximum atomic E-state index is 14.7. The summed E-state index contributed by atoms with van der Waals surface area (Å²) in [6.07, 6.45) is -9.22. The summed E-state index contributed by atoms with van der Waals surface area (Å²) in [6.45, 7) is 1.59. The Morgan fingerprint density at radius 1 is 0.944 bits per heavy atom. The van der Waals surface area contributed by atoms with Crippen LogP contribution in [0.3, 0.4) is 0 Å². The molecule has 36 heavy (non-hydrogen) atoms. The van der Waals surface area contributed by atoms with Crippen LogP contribution in [0.5, 0.6) is 5.75 Å². The van der Waals surface area contributed by atoms with Gasteiger partial charge in [-0.1, -0.05) is 42.5 Å². The van der Waals surface area contributed by atoms with Gasteiger partial charge in [-0.05, 0) is 47.9 Å². The fourth-order valence-electron chi connectivity index (χ4n) is 3.85. The fraction of sp³-hybridized carbons (Fsp3) is 0.269. The number of ether oxygens (including phenoxy) is 1. The third kappa shape index (κ3) is 6.57. The lowest BCUT2D eigenvalue weighted by Gasteiger charge is -2.37. The van der Waals surface area contributed by atoms with E-state index in [0.717, 1.165) is 24.3 Å². The van der Waals surface area contributed by atoms with Crippen LogP contribution in [0.2, 0.25) is 0 Å². The first-order valence-electron chi connectivity index (χ1n) is 10.9. The minimum absolute atomic E-state index is 0.0295. The summed E-state index contributed by atoms with van der Waals surface area (Å²) in [7, 11) is 0. The molecule has 3 N–H and O–H groups in total. The van der Waals surface area contributed by atoms with Crippen molar-refractivity contribution in [1.82, 2.24) is 5.32 Å². The third-order valence-electron chi connectivity index (χ3n) is 5.38. The lowest BCUT2D eigenvalue weighted by molar-refractivity contribution is -0.253. The second-order valence-corrected chi connectivity index (χ2v) is 8.44. The lowest BCUT2D eigenvalue weighted by atomic mass is 9.77. The molecule has 10 heteroatoms. The average molecular weight is 510 g/mol. The van der Waals surface area contributed by atoms with Crippen molar-refractivity contribution in [2.45, 2.75) is 43.9 Å². The first-order chi connectivity index (χ1) is 16.9. The van der Waals surface area contributed by atoms with Crippen LogP contribution >= 0.6 is 0 Å². The molecule has 0 fully saturated rings. The van der Waals surface area contributed by atoms with E-state index in [4.69, 9.17) is 5.73 Å². The van der Waals surface area contributed by atoms with Crippen molar-refractivity contribution in [3.63, 3.8) is 0 Å². The number of hydrogen-bond donors (Lipinski definition) is 2. The molecule has 0 heterocycles. The van der Waals surface area contributed by atoms with Crippen LogP contribution in [-0.2, 0) is 16.8 Å². The summed E-state index contributed by atoms with van der Waals surface area (Å²) in [5, 5.41) is 2.80. The van der Waals surface area contributed by atoms with Gasteiger partial charge in [0.2, 0.25) is 5.91 Å². The van der Waals surface area contributed by atoms with Crippen molar-refractivity contribution in [2.24, 2.45) is 5.73 Å². The van der Waals surface area contributed by atoms with Gasteiger partial charge in [0.15, 0.2) is 0 Å². The van der Waals surface area contributed by atoms with Crippen LogP contribution in [0.4, 0.5) is 26.3 Å². The van der Waals surface area contributed by atoms with E-state index in [2.05, 4.69) is 10.1 Å². The molecule has 0 aromatic heterocycles. The molecule has 0 radical (unpaired) electrons. The monoisotopic (exact) mass is 510 g/mol. The number of nitrogens with one attached hydrogen (secondary N) is 1. The molecule has 1 amide bonds. The standard InChI is InChI=1S/C26H24F6N2O2/c1-16(33)11-23(35)34-25(15-17-5-3-2-4-6-17,18-7-9-20(27)10-8-18)19-12-21(28)14-22(13-19)36-26(31,32)24(29)30/h2-10,12-14,16,24H,11,15,33H2,1H3,(H,34,35). The van der Waals surface area contributed by atoms with E-state index >= 15 is 0 Å². The molecular formula is C26H24F6N2O2. The Kier molecular flexibility index (Phi) is 8.29. The molecular weight excluding hydrogens is 486 g/mol. The molecule has 0 aliphatic carbocycles. The van der Waals surface area contributed by atoms with Crippen LogP contribution < -0.4 is 15.8 Å². The normalized spacial score (nSPS) is 14.2. The molecule has 2 atom stereocenters. The van der Waals surface area contributed by atoms with Gasteiger partial charge in [-0.15, -0.1) is 0 Å². The van der Waals surface area contributed by atoms with Crippen molar-refractivity contribution in [1.29, 1.82) is 0 Å². The van der Waals surface area contributed by atoms with E-state index in [1.165, 1.54) is 12.1 Å². The number of benzene rings is 3. The van der Waals surface area contributed by atoms with Gasteiger partial charge in [0.05, 0.1) is 5.54 Å². The van der Waals surface area contributed by atoms with E-state index in [1.807, 2.05) is 0 Å². The Morgan fingerprint density at radius 3 is 2.17 bits per heavy atom. The zero-order valence-corrected chi connectivity index (χ0v) is 19.2. The van der Waals surface area contributed by atoms with E-state index < -0.39 is 47.4 Å². The smallest absolute Gasteiger partial charge is 0.428 e. The number of rotatable bonds is 10. The maximum Gasteiger partial charge on any atom is 0.461 e. The van der Waals surface area contributed by atoms with E-state index in [-0.39, 0.29) is 24.0 Å². The highest BCUT2D eigenvalue weighted by Gasteiger charge is 2.45. The first-order valence-corrected chi connectivity index (χ1v) is 10.9. The highest BCUT2D eigenvalue weighted by Crippen LogP contribution is 2.38. The van der Waals surface area contributed by atoms with E-state index in [0.29, 0.717) is 11.6 Å². The first kappa shape index (κ1) is 27.1. The summed E-state index contributed by atoms with van der Waals surface area (Å²) >= 11 is 0. The Bertz CT molecular complexity index is 1170. The Hall–Kier alpha value is -3.53. The minimum atomic E-state index is -4.89. The van der Waals surface area contributed by atoms with Crippen LogP contribution in [0.1, 0.15) is 30.0 Å². The predicted octanol–water partition coefficient (Wildman–Crippen LogP) is 5.54. The summed E-state index contributed by atoms with van der Waals surface area (Å²) in [6, 6.07) is 15.5. The molecule has 2 unspecified atom stereocenters. The largest absolute Gasteiger partial charge is 0.461 e. The Labute approximate surface area is 204 Å². The molecule has 0 bridgehead atoms. The number of nitrogens with two attached hydrogens (primary N) is 1. The summed E-state index contributed by atoms with van der Waals surface area (Å²) < 4.78 is 85.4. The predicted molar refractivity (Wildman–Crippen MR) is 122 cm³/mol. The SMILES string of the molecule is CC(N)CC(=O)NC(Cc1ccccc1)(c1ccc(F)cc1)c1cc(F)cc(OC(F)(F)C(F)F)c1. The van der Waals surface area contributed by atoms with Crippen molar-refractivity contribution >= 4 is 5.91 Å². The van der Waals surface area contributed by atoms with Crippen molar-refractivity contribution in [3.05, 3.63) is 101 Å². The molecule has 0 saturated carbocycles. The highest BCUT2D eigenvalue weighted by atomic mass is 19.3. The molecule has 3 aromatic rings. The number of hydrogen-bond acceptors (Lipinski definition) is 3. The van der Waals surface area contributed by atoms with Gasteiger partial charge >= 0.3 is 12.5 Å².